The summed E-state index contributed by atoms with van der Waals surface area (Å²) in [6.07, 6.45) is 1.35. The van der Waals surface area contributed by atoms with Crippen LogP contribution in [0.5, 0.6) is 11.6 Å². The molecule has 8 nitrogen and oxygen atoms in total. The fourth-order valence-electron chi connectivity index (χ4n) is 3.56. The maximum atomic E-state index is 12.8. The van der Waals surface area contributed by atoms with Crippen LogP contribution in [0.2, 0.25) is 5.02 Å². The van der Waals surface area contributed by atoms with Gasteiger partial charge in [0.05, 0.1) is 30.9 Å². The molecule has 2 N–H and O–H groups in total. The molecular formula is C23H25ClN4O4. The number of hydrogen-bond donors (Lipinski definition) is 2. The molecule has 168 valence electrons. The maximum Gasteiger partial charge on any atom is 0.256 e. The van der Waals surface area contributed by atoms with E-state index in [2.05, 4.69) is 20.2 Å². The van der Waals surface area contributed by atoms with E-state index in [1.54, 1.807) is 18.2 Å². The second-order valence-corrected chi connectivity index (χ2v) is 7.90. The van der Waals surface area contributed by atoms with Crippen molar-refractivity contribution in [2.24, 2.45) is 0 Å². The predicted octanol–water partition coefficient (Wildman–Crippen LogP) is 3.15. The third-order valence-corrected chi connectivity index (χ3v) is 5.48. The molecule has 3 heterocycles. The Bertz CT molecular complexity index is 1100. The first-order chi connectivity index (χ1) is 15.5. The Balaban J connectivity index is 1.61. The van der Waals surface area contributed by atoms with Crippen molar-refractivity contribution in [3.8, 4) is 11.6 Å². The topological polar surface area (TPSA) is 96.8 Å². The van der Waals surface area contributed by atoms with Gasteiger partial charge in [0.1, 0.15) is 16.8 Å². The van der Waals surface area contributed by atoms with Crippen molar-refractivity contribution >= 4 is 28.4 Å². The number of fused-ring (bicyclic) bond motifs is 1. The van der Waals surface area contributed by atoms with Crippen LogP contribution in [0.3, 0.4) is 0 Å². The molecule has 1 fully saturated rings. The van der Waals surface area contributed by atoms with Crippen LogP contribution < -0.4 is 10.1 Å². The molecule has 0 atom stereocenters. The Labute approximate surface area is 191 Å². The molecule has 0 unspecified atom stereocenters. The minimum Gasteiger partial charge on any atom is -0.506 e. The van der Waals surface area contributed by atoms with Gasteiger partial charge < -0.3 is 19.9 Å². The molecule has 0 bridgehead atoms. The highest BCUT2D eigenvalue weighted by atomic mass is 35.5. The largest absolute Gasteiger partial charge is 0.506 e. The Hall–Kier alpha value is -2.94. The molecule has 1 amide bonds. The summed E-state index contributed by atoms with van der Waals surface area (Å²) in [5, 5.41) is 14.8. The average Bonchev–Trinajstić information content (AvgIpc) is 2.80. The molecule has 0 aliphatic carbocycles. The van der Waals surface area contributed by atoms with Gasteiger partial charge in [-0.05, 0) is 30.7 Å². The van der Waals surface area contributed by atoms with Crippen LogP contribution in [-0.2, 0) is 17.8 Å². The smallest absolute Gasteiger partial charge is 0.256 e. The van der Waals surface area contributed by atoms with E-state index in [9.17, 15) is 9.90 Å². The fraction of sp³-hybridized carbons (Fsp3) is 0.348. The number of carbonyl (C=O) groups excluding carboxylic acids is 1. The zero-order chi connectivity index (χ0) is 22.5. The van der Waals surface area contributed by atoms with Crippen LogP contribution in [0, 0.1) is 0 Å². The van der Waals surface area contributed by atoms with Crippen LogP contribution in [0.1, 0.15) is 28.5 Å². The van der Waals surface area contributed by atoms with E-state index >= 15 is 0 Å². The van der Waals surface area contributed by atoms with Gasteiger partial charge in [-0.3, -0.25) is 9.69 Å². The molecule has 1 aromatic carbocycles. The summed E-state index contributed by atoms with van der Waals surface area (Å²) in [5.41, 5.74) is 2.15. The first-order valence-electron chi connectivity index (χ1n) is 10.5. The highest BCUT2D eigenvalue weighted by molar-refractivity contribution is 6.30. The van der Waals surface area contributed by atoms with E-state index in [1.165, 1.54) is 6.20 Å². The van der Waals surface area contributed by atoms with E-state index in [0.29, 0.717) is 54.7 Å². The van der Waals surface area contributed by atoms with E-state index in [-0.39, 0.29) is 11.3 Å². The van der Waals surface area contributed by atoms with Crippen LogP contribution in [-0.4, -0.2) is 58.8 Å². The Morgan fingerprint density at radius 1 is 1.28 bits per heavy atom. The number of amides is 1. The minimum atomic E-state index is -0.420. The Morgan fingerprint density at radius 3 is 2.75 bits per heavy atom. The van der Waals surface area contributed by atoms with E-state index in [0.717, 1.165) is 24.3 Å². The first kappa shape index (κ1) is 22.3. The molecule has 9 heteroatoms. The third-order valence-electron chi connectivity index (χ3n) is 5.23. The molecule has 2 aromatic heterocycles. The van der Waals surface area contributed by atoms with Gasteiger partial charge in [0.25, 0.3) is 5.91 Å². The second-order valence-electron chi connectivity index (χ2n) is 7.47. The van der Waals surface area contributed by atoms with Gasteiger partial charge in [-0.15, -0.1) is 0 Å². The number of rotatable bonds is 7. The molecule has 0 spiro atoms. The van der Waals surface area contributed by atoms with Crippen molar-refractivity contribution in [2.75, 3.05) is 32.9 Å². The van der Waals surface area contributed by atoms with E-state index in [1.807, 2.05) is 19.1 Å². The minimum absolute atomic E-state index is 0.0948. The zero-order valence-electron chi connectivity index (χ0n) is 17.8. The summed E-state index contributed by atoms with van der Waals surface area (Å²) in [7, 11) is 0. The summed E-state index contributed by atoms with van der Waals surface area (Å²) < 4.78 is 11.1. The highest BCUT2D eigenvalue weighted by Gasteiger charge is 2.20. The van der Waals surface area contributed by atoms with Crippen LogP contribution in [0.25, 0.3) is 10.9 Å². The molecule has 32 heavy (non-hydrogen) atoms. The summed E-state index contributed by atoms with van der Waals surface area (Å²) in [4.78, 5) is 23.9. The van der Waals surface area contributed by atoms with Crippen LogP contribution in [0.4, 0.5) is 0 Å². The second kappa shape index (κ2) is 10.1. The SMILES string of the molecule is CCOc1nc(CN2CCOCC2)cc2c(O)c(C(=O)NCc3ccc(Cl)cc3)cnc12. The zero-order valence-corrected chi connectivity index (χ0v) is 18.6. The van der Waals surface area contributed by atoms with Crippen molar-refractivity contribution < 1.29 is 19.4 Å². The standard InChI is InChI=1S/C23H25ClN4O4/c1-2-32-23-20-18(11-17(27-23)14-28-7-9-31-10-8-28)21(29)19(13-25-20)22(30)26-12-15-3-5-16(24)6-4-15/h3-6,11,13H,2,7-10,12,14H2,1H3,(H,25,29)(H,26,30). The number of aromatic nitrogens is 2. The lowest BCUT2D eigenvalue weighted by atomic mass is 10.1. The summed E-state index contributed by atoms with van der Waals surface area (Å²) in [6, 6.07) is 8.95. The third kappa shape index (κ3) is 5.09. The number of hydrogen-bond acceptors (Lipinski definition) is 7. The number of nitrogens with one attached hydrogen (secondary N) is 1. The molecular weight excluding hydrogens is 432 g/mol. The molecule has 1 saturated heterocycles. The molecule has 1 aliphatic rings. The number of halogens is 1. The summed E-state index contributed by atoms with van der Waals surface area (Å²) >= 11 is 5.90. The molecule has 3 aromatic rings. The van der Waals surface area contributed by atoms with Crippen LogP contribution in [0.15, 0.2) is 36.5 Å². The average molecular weight is 457 g/mol. The van der Waals surface area contributed by atoms with Gasteiger partial charge in [-0.2, -0.15) is 0 Å². The quantitative estimate of drug-likeness (QED) is 0.563. The first-order valence-corrected chi connectivity index (χ1v) is 10.9. The molecule has 0 saturated carbocycles. The van der Waals surface area contributed by atoms with E-state index in [4.69, 9.17) is 21.1 Å². The van der Waals surface area contributed by atoms with Gasteiger partial charge >= 0.3 is 0 Å². The van der Waals surface area contributed by atoms with Crippen molar-refractivity contribution in [1.29, 1.82) is 0 Å². The summed E-state index contributed by atoms with van der Waals surface area (Å²) in [5.74, 6) is -0.219. The number of morpholine rings is 1. The lowest BCUT2D eigenvalue weighted by Crippen LogP contribution is -2.35. The van der Waals surface area contributed by atoms with Crippen LogP contribution >= 0.6 is 11.6 Å². The Kier molecular flexibility index (Phi) is 7.04. The monoisotopic (exact) mass is 456 g/mol. The number of carbonyl (C=O) groups is 1. The van der Waals surface area contributed by atoms with Crippen molar-refractivity contribution in [3.05, 3.63) is 58.4 Å². The predicted molar refractivity (Wildman–Crippen MR) is 121 cm³/mol. The molecule has 1 aliphatic heterocycles. The number of pyridine rings is 2. The van der Waals surface area contributed by atoms with Crippen molar-refractivity contribution in [1.82, 2.24) is 20.2 Å². The number of benzene rings is 1. The normalized spacial score (nSPS) is 14.4. The number of aromatic hydroxyl groups is 1. The number of nitrogens with zero attached hydrogens (tertiary/aromatic N) is 3. The van der Waals surface area contributed by atoms with Gasteiger partial charge in [0.2, 0.25) is 5.88 Å². The molecule has 4 rings (SSSR count). The lowest BCUT2D eigenvalue weighted by Gasteiger charge is -2.26. The number of ether oxygens (including phenoxy) is 2. The summed E-state index contributed by atoms with van der Waals surface area (Å²) in [6.45, 7) is 6.13. The lowest BCUT2D eigenvalue weighted by molar-refractivity contribution is 0.0336. The van der Waals surface area contributed by atoms with Gasteiger partial charge in [0.15, 0.2) is 0 Å². The fourth-order valence-corrected chi connectivity index (χ4v) is 3.69. The Morgan fingerprint density at radius 2 is 2.03 bits per heavy atom. The van der Waals surface area contributed by atoms with Crippen molar-refractivity contribution in [3.63, 3.8) is 0 Å². The van der Waals surface area contributed by atoms with Gasteiger partial charge in [-0.25, -0.2) is 9.97 Å². The van der Waals surface area contributed by atoms with Crippen molar-refractivity contribution in [2.45, 2.75) is 20.0 Å². The maximum absolute atomic E-state index is 12.8. The highest BCUT2D eigenvalue weighted by Crippen LogP contribution is 2.32. The molecule has 0 radical (unpaired) electrons. The van der Waals surface area contributed by atoms with Gasteiger partial charge in [-0.1, -0.05) is 23.7 Å². The van der Waals surface area contributed by atoms with E-state index < -0.39 is 5.91 Å². The van der Waals surface area contributed by atoms with Gasteiger partial charge in [0, 0.05) is 37.4 Å².